The third kappa shape index (κ3) is 4.19. The quantitative estimate of drug-likeness (QED) is 0.637. The summed E-state index contributed by atoms with van der Waals surface area (Å²) in [5, 5.41) is 8.17. The van der Waals surface area contributed by atoms with E-state index in [1.807, 2.05) is 42.5 Å². The second-order valence-electron chi connectivity index (χ2n) is 7.80. The molecule has 1 fully saturated rings. The number of hydrogen-bond acceptors (Lipinski definition) is 7. The largest absolute Gasteiger partial charge is 0.497 e. The van der Waals surface area contributed by atoms with Gasteiger partial charge in [-0.15, -0.1) is 0 Å². The number of rotatable bonds is 6. The van der Waals surface area contributed by atoms with E-state index in [9.17, 15) is 4.79 Å². The number of fused-ring (bicyclic) bond motifs is 1. The van der Waals surface area contributed by atoms with Crippen molar-refractivity contribution in [3.8, 4) is 28.5 Å². The summed E-state index contributed by atoms with van der Waals surface area (Å²) in [6.45, 7) is 2.67. The maximum absolute atomic E-state index is 12.7. The summed E-state index contributed by atoms with van der Waals surface area (Å²) in [5.74, 6) is 2.27. The smallest absolute Gasteiger partial charge is 0.267 e. The summed E-state index contributed by atoms with van der Waals surface area (Å²) in [6.07, 6.45) is 0. The molecule has 2 aliphatic heterocycles. The Labute approximate surface area is 185 Å². The summed E-state index contributed by atoms with van der Waals surface area (Å²) in [4.78, 5) is 12.7. The van der Waals surface area contributed by atoms with Gasteiger partial charge in [-0.05, 0) is 35.9 Å². The molecule has 8 nitrogen and oxygen atoms in total. The van der Waals surface area contributed by atoms with Crippen LogP contribution in [-0.2, 0) is 11.3 Å². The van der Waals surface area contributed by atoms with Crippen LogP contribution < -0.4 is 25.1 Å². The fourth-order valence-corrected chi connectivity index (χ4v) is 4.02. The summed E-state index contributed by atoms with van der Waals surface area (Å²) >= 11 is 0. The average molecular weight is 435 g/mol. The molecule has 0 aliphatic carbocycles. The van der Waals surface area contributed by atoms with E-state index >= 15 is 0 Å². The summed E-state index contributed by atoms with van der Waals surface area (Å²) in [6, 6.07) is 16.6. The molecule has 2 aromatic carbocycles. The van der Waals surface area contributed by atoms with E-state index in [0.717, 1.165) is 28.4 Å². The summed E-state index contributed by atoms with van der Waals surface area (Å²) < 4.78 is 23.8. The lowest BCUT2D eigenvalue weighted by Gasteiger charge is -2.22. The highest BCUT2D eigenvalue weighted by molar-refractivity contribution is 5.60. The Morgan fingerprint density at radius 3 is 2.81 bits per heavy atom. The lowest BCUT2D eigenvalue weighted by atomic mass is 10.1. The fourth-order valence-electron chi connectivity index (χ4n) is 4.02. The zero-order valence-corrected chi connectivity index (χ0v) is 17.8. The van der Waals surface area contributed by atoms with Gasteiger partial charge in [0.15, 0.2) is 11.5 Å². The van der Waals surface area contributed by atoms with E-state index in [2.05, 4.69) is 10.4 Å². The van der Waals surface area contributed by atoms with Crippen molar-refractivity contribution in [1.82, 2.24) is 15.1 Å². The summed E-state index contributed by atoms with van der Waals surface area (Å²) in [7, 11) is 1.63. The zero-order valence-electron chi connectivity index (χ0n) is 17.8. The van der Waals surface area contributed by atoms with Gasteiger partial charge >= 0.3 is 0 Å². The lowest BCUT2D eigenvalue weighted by molar-refractivity contribution is 0.171. The van der Waals surface area contributed by atoms with Gasteiger partial charge in [0.1, 0.15) is 19.0 Å². The van der Waals surface area contributed by atoms with Gasteiger partial charge in [-0.3, -0.25) is 4.79 Å². The lowest BCUT2D eigenvalue weighted by Crippen LogP contribution is -2.41. The van der Waals surface area contributed by atoms with Crippen molar-refractivity contribution in [2.75, 3.05) is 33.5 Å². The van der Waals surface area contributed by atoms with Crippen LogP contribution in [0.1, 0.15) is 11.6 Å². The van der Waals surface area contributed by atoms with Crippen LogP contribution >= 0.6 is 0 Å². The minimum atomic E-state index is -0.203. The highest BCUT2D eigenvalue weighted by atomic mass is 16.6. The highest BCUT2D eigenvalue weighted by Crippen LogP contribution is 2.31. The standard InChI is InChI=1S/C24H25N3O5/c1-29-18-4-2-3-17(12-18)19-6-8-24(28)27(26-19)21-15-30-14-20(21)25-13-16-5-7-22-23(11-16)32-10-9-31-22/h2-8,11-12,20-21,25H,9-10,13-15H2,1H3. The molecule has 0 spiro atoms. The number of nitrogens with one attached hydrogen (secondary N) is 1. The van der Waals surface area contributed by atoms with E-state index in [1.54, 1.807) is 19.2 Å². The van der Waals surface area contributed by atoms with Gasteiger partial charge in [-0.2, -0.15) is 5.10 Å². The maximum Gasteiger partial charge on any atom is 0.267 e. The van der Waals surface area contributed by atoms with E-state index in [0.29, 0.717) is 38.7 Å². The molecule has 2 unspecified atom stereocenters. The van der Waals surface area contributed by atoms with Gasteiger partial charge in [-0.1, -0.05) is 18.2 Å². The minimum absolute atomic E-state index is 0.0473. The predicted molar refractivity (Wildman–Crippen MR) is 118 cm³/mol. The van der Waals surface area contributed by atoms with Crippen LogP contribution in [0.2, 0.25) is 0 Å². The molecule has 166 valence electrons. The molecule has 1 N–H and O–H groups in total. The van der Waals surface area contributed by atoms with Crippen LogP contribution in [0.4, 0.5) is 0 Å². The molecule has 1 saturated heterocycles. The molecule has 0 amide bonds. The van der Waals surface area contributed by atoms with Crippen molar-refractivity contribution < 1.29 is 18.9 Å². The number of aromatic nitrogens is 2. The average Bonchev–Trinajstić information content (AvgIpc) is 3.31. The fraction of sp³-hybridized carbons (Fsp3) is 0.333. The van der Waals surface area contributed by atoms with Crippen LogP contribution in [-0.4, -0.2) is 49.4 Å². The third-order valence-corrected chi connectivity index (χ3v) is 5.73. The Hall–Kier alpha value is -3.36. The summed E-state index contributed by atoms with van der Waals surface area (Å²) in [5.41, 5.74) is 2.52. The molecule has 32 heavy (non-hydrogen) atoms. The zero-order chi connectivity index (χ0) is 21.9. The SMILES string of the molecule is COc1cccc(-c2ccc(=O)n(C3COCC3NCc3ccc4c(c3)OCCO4)n2)c1. The molecule has 0 saturated carbocycles. The molecular formula is C24H25N3O5. The first-order chi connectivity index (χ1) is 15.7. The molecule has 1 aromatic heterocycles. The maximum atomic E-state index is 12.7. The first-order valence-electron chi connectivity index (χ1n) is 10.7. The molecule has 2 atom stereocenters. The Morgan fingerprint density at radius 1 is 1.06 bits per heavy atom. The van der Waals surface area contributed by atoms with E-state index in [-0.39, 0.29) is 17.6 Å². The van der Waals surface area contributed by atoms with Crippen molar-refractivity contribution in [1.29, 1.82) is 0 Å². The highest BCUT2D eigenvalue weighted by Gasteiger charge is 2.31. The normalized spacial score (nSPS) is 19.7. The van der Waals surface area contributed by atoms with Crippen LogP contribution in [0.3, 0.4) is 0 Å². The van der Waals surface area contributed by atoms with Gasteiger partial charge in [0, 0.05) is 18.2 Å². The number of hydrogen-bond donors (Lipinski definition) is 1. The first kappa shape index (κ1) is 20.5. The predicted octanol–water partition coefficient (Wildman–Crippen LogP) is 2.42. The Bertz CT molecular complexity index is 1160. The first-order valence-corrected chi connectivity index (χ1v) is 10.7. The molecule has 3 aromatic rings. The Balaban J connectivity index is 1.34. The van der Waals surface area contributed by atoms with Crippen LogP contribution in [0.5, 0.6) is 17.2 Å². The Morgan fingerprint density at radius 2 is 1.94 bits per heavy atom. The van der Waals surface area contributed by atoms with Gasteiger partial charge in [-0.25, -0.2) is 4.68 Å². The van der Waals surface area contributed by atoms with Gasteiger partial charge in [0.25, 0.3) is 5.56 Å². The van der Waals surface area contributed by atoms with Crippen molar-refractivity contribution in [3.63, 3.8) is 0 Å². The van der Waals surface area contributed by atoms with Gasteiger partial charge in [0.2, 0.25) is 0 Å². The molecule has 2 aliphatic rings. The van der Waals surface area contributed by atoms with Gasteiger partial charge < -0.3 is 24.3 Å². The van der Waals surface area contributed by atoms with Crippen LogP contribution in [0.25, 0.3) is 11.3 Å². The molecule has 0 radical (unpaired) electrons. The minimum Gasteiger partial charge on any atom is -0.497 e. The van der Waals surface area contributed by atoms with E-state index in [1.165, 1.54) is 4.68 Å². The van der Waals surface area contributed by atoms with Crippen LogP contribution in [0, 0.1) is 0 Å². The number of nitrogens with zero attached hydrogens (tertiary/aromatic N) is 2. The van der Waals surface area contributed by atoms with E-state index < -0.39 is 0 Å². The van der Waals surface area contributed by atoms with E-state index in [4.69, 9.17) is 18.9 Å². The number of ether oxygens (including phenoxy) is 4. The molecule has 0 bridgehead atoms. The molecular weight excluding hydrogens is 410 g/mol. The van der Waals surface area contributed by atoms with Crippen molar-refractivity contribution >= 4 is 0 Å². The second kappa shape index (κ2) is 9.02. The van der Waals surface area contributed by atoms with Crippen molar-refractivity contribution in [3.05, 3.63) is 70.5 Å². The number of benzene rings is 2. The van der Waals surface area contributed by atoms with Crippen molar-refractivity contribution in [2.45, 2.75) is 18.6 Å². The number of methoxy groups -OCH3 is 1. The Kier molecular flexibility index (Phi) is 5.79. The van der Waals surface area contributed by atoms with Crippen molar-refractivity contribution in [2.24, 2.45) is 0 Å². The second-order valence-corrected chi connectivity index (χ2v) is 7.80. The van der Waals surface area contributed by atoms with Crippen LogP contribution in [0.15, 0.2) is 59.4 Å². The third-order valence-electron chi connectivity index (χ3n) is 5.73. The van der Waals surface area contributed by atoms with Gasteiger partial charge in [0.05, 0.1) is 38.1 Å². The molecule has 3 heterocycles. The molecule has 5 rings (SSSR count). The monoisotopic (exact) mass is 435 g/mol. The molecule has 8 heteroatoms. The topological polar surface area (TPSA) is 83.8 Å².